The SMILES string of the molecule is C[Si](C)(C)Oc1c(C=O)cc(Br)c(F)c1Br. The molecule has 2 nitrogen and oxygen atoms in total. The van der Waals surface area contributed by atoms with Gasteiger partial charge in [-0.1, -0.05) is 0 Å². The first-order valence-corrected chi connectivity index (χ1v) is 9.57. The molecule has 6 heteroatoms. The van der Waals surface area contributed by atoms with Crippen molar-refractivity contribution in [3.63, 3.8) is 0 Å². The zero-order valence-electron chi connectivity index (χ0n) is 9.11. The topological polar surface area (TPSA) is 26.3 Å². The van der Waals surface area contributed by atoms with E-state index in [9.17, 15) is 9.18 Å². The van der Waals surface area contributed by atoms with Gasteiger partial charge in [-0.3, -0.25) is 4.79 Å². The molecule has 16 heavy (non-hydrogen) atoms. The minimum Gasteiger partial charge on any atom is -0.543 e. The van der Waals surface area contributed by atoms with Crippen LogP contribution in [-0.2, 0) is 0 Å². The maximum Gasteiger partial charge on any atom is 0.242 e. The molecule has 0 aliphatic rings. The number of halogens is 3. The summed E-state index contributed by atoms with van der Waals surface area (Å²) in [6, 6.07) is 1.42. The molecule has 0 heterocycles. The first kappa shape index (κ1) is 13.9. The summed E-state index contributed by atoms with van der Waals surface area (Å²) in [4.78, 5) is 10.9. The van der Waals surface area contributed by atoms with Crippen LogP contribution in [0.4, 0.5) is 4.39 Å². The van der Waals surface area contributed by atoms with Crippen molar-refractivity contribution in [2.75, 3.05) is 0 Å². The van der Waals surface area contributed by atoms with Crippen LogP contribution in [0.15, 0.2) is 15.0 Å². The minimum absolute atomic E-state index is 0.186. The highest BCUT2D eigenvalue weighted by Crippen LogP contribution is 2.36. The molecule has 0 radical (unpaired) electrons. The molecule has 1 aromatic carbocycles. The summed E-state index contributed by atoms with van der Waals surface area (Å²) in [6.45, 7) is 5.90. The fraction of sp³-hybridized carbons (Fsp3) is 0.300. The third-order valence-electron chi connectivity index (χ3n) is 1.68. The number of aldehydes is 1. The molecule has 0 aromatic heterocycles. The number of benzene rings is 1. The van der Waals surface area contributed by atoms with Crippen molar-refractivity contribution < 1.29 is 13.6 Å². The standard InChI is InChI=1S/C10H11Br2FO2Si/c1-16(2,3)15-10-6(5-14)4-7(11)9(13)8(10)12/h4-5H,1-3H3. The van der Waals surface area contributed by atoms with Gasteiger partial charge in [-0.05, 0) is 57.6 Å². The molecule has 1 aromatic rings. The van der Waals surface area contributed by atoms with E-state index >= 15 is 0 Å². The number of hydrogen-bond donors (Lipinski definition) is 0. The van der Waals surface area contributed by atoms with E-state index in [1.54, 1.807) is 0 Å². The van der Waals surface area contributed by atoms with Gasteiger partial charge in [0.1, 0.15) is 5.75 Å². The van der Waals surface area contributed by atoms with Crippen molar-refractivity contribution in [2.24, 2.45) is 0 Å². The van der Waals surface area contributed by atoms with Gasteiger partial charge in [0.25, 0.3) is 0 Å². The third-order valence-corrected chi connectivity index (χ3v) is 3.78. The smallest absolute Gasteiger partial charge is 0.242 e. The third kappa shape index (κ3) is 3.15. The highest BCUT2D eigenvalue weighted by molar-refractivity contribution is 9.11. The number of hydrogen-bond acceptors (Lipinski definition) is 2. The molecule has 88 valence electrons. The Bertz CT molecular complexity index is 430. The van der Waals surface area contributed by atoms with Crippen molar-refractivity contribution in [1.82, 2.24) is 0 Å². The molecular weight excluding hydrogens is 359 g/mol. The van der Waals surface area contributed by atoms with E-state index in [1.807, 2.05) is 19.6 Å². The zero-order chi connectivity index (χ0) is 12.5. The fourth-order valence-corrected chi connectivity index (χ4v) is 3.31. The molecule has 0 aliphatic heterocycles. The quantitative estimate of drug-likeness (QED) is 0.449. The Kier molecular flexibility index (Phi) is 4.31. The van der Waals surface area contributed by atoms with E-state index in [0.29, 0.717) is 11.8 Å². The molecule has 0 N–H and O–H groups in total. The molecule has 0 fully saturated rings. The second-order valence-corrected chi connectivity index (χ2v) is 10.3. The van der Waals surface area contributed by atoms with Crippen LogP contribution in [0.2, 0.25) is 19.6 Å². The van der Waals surface area contributed by atoms with E-state index in [2.05, 4.69) is 31.9 Å². The van der Waals surface area contributed by atoms with Crippen LogP contribution in [0.3, 0.4) is 0 Å². The normalized spacial score (nSPS) is 11.4. The summed E-state index contributed by atoms with van der Waals surface area (Å²) in [5.74, 6) is -0.172. The minimum atomic E-state index is -1.89. The molecule has 0 amide bonds. The fourth-order valence-electron chi connectivity index (χ4n) is 1.09. The summed E-state index contributed by atoms with van der Waals surface area (Å²) in [5.41, 5.74) is 0.336. The molecule has 0 spiro atoms. The van der Waals surface area contributed by atoms with Gasteiger partial charge in [0.05, 0.1) is 14.5 Å². The lowest BCUT2D eigenvalue weighted by Gasteiger charge is -2.22. The Hall–Kier alpha value is -0.203. The highest BCUT2D eigenvalue weighted by atomic mass is 79.9. The Morgan fingerprint density at radius 1 is 1.38 bits per heavy atom. The first-order chi connectivity index (χ1) is 7.26. The van der Waals surface area contributed by atoms with Crippen LogP contribution in [0.5, 0.6) is 5.75 Å². The second kappa shape index (κ2) is 4.97. The Labute approximate surface area is 112 Å². The number of carbonyl (C=O) groups excluding carboxylic acids is 1. The van der Waals surface area contributed by atoms with E-state index in [0.717, 1.165) is 0 Å². The van der Waals surface area contributed by atoms with E-state index in [1.165, 1.54) is 6.07 Å². The maximum atomic E-state index is 13.6. The van der Waals surface area contributed by atoms with Gasteiger partial charge in [0.15, 0.2) is 12.1 Å². The average Bonchev–Trinajstić information content (AvgIpc) is 2.17. The van der Waals surface area contributed by atoms with Gasteiger partial charge in [-0.25, -0.2) is 4.39 Å². The monoisotopic (exact) mass is 368 g/mol. The largest absolute Gasteiger partial charge is 0.543 e. The average molecular weight is 370 g/mol. The summed E-state index contributed by atoms with van der Waals surface area (Å²) in [7, 11) is -1.89. The number of carbonyl (C=O) groups is 1. The van der Waals surface area contributed by atoms with Crippen molar-refractivity contribution in [3.05, 3.63) is 26.4 Å². The lowest BCUT2D eigenvalue weighted by molar-refractivity contribution is 0.112. The molecule has 0 saturated carbocycles. The molecule has 0 unspecified atom stereocenters. The highest BCUT2D eigenvalue weighted by Gasteiger charge is 2.23. The predicted molar refractivity (Wildman–Crippen MR) is 71.2 cm³/mol. The van der Waals surface area contributed by atoms with Crippen molar-refractivity contribution in [2.45, 2.75) is 19.6 Å². The Morgan fingerprint density at radius 2 is 1.94 bits per heavy atom. The van der Waals surface area contributed by atoms with Crippen molar-refractivity contribution >= 4 is 46.5 Å². The summed E-state index contributed by atoms with van der Waals surface area (Å²) >= 11 is 6.15. The maximum absolute atomic E-state index is 13.6. The zero-order valence-corrected chi connectivity index (χ0v) is 13.3. The lowest BCUT2D eigenvalue weighted by atomic mass is 10.2. The van der Waals surface area contributed by atoms with Crippen LogP contribution in [0.25, 0.3) is 0 Å². The molecule has 0 saturated heterocycles. The van der Waals surface area contributed by atoms with E-state index in [-0.39, 0.29) is 14.7 Å². The molecule has 0 atom stereocenters. The van der Waals surface area contributed by atoms with Gasteiger partial charge < -0.3 is 4.43 Å². The second-order valence-electron chi connectivity index (χ2n) is 4.24. The van der Waals surface area contributed by atoms with Crippen molar-refractivity contribution in [1.29, 1.82) is 0 Å². The summed E-state index contributed by atoms with van der Waals surface area (Å²) in [5, 5.41) is 0. The van der Waals surface area contributed by atoms with Crippen LogP contribution in [0.1, 0.15) is 10.4 Å². The lowest BCUT2D eigenvalue weighted by Crippen LogP contribution is -2.30. The van der Waals surface area contributed by atoms with Crippen LogP contribution >= 0.6 is 31.9 Å². The summed E-state index contributed by atoms with van der Waals surface area (Å²) in [6.07, 6.45) is 0.657. The van der Waals surface area contributed by atoms with E-state index < -0.39 is 14.1 Å². The number of rotatable bonds is 3. The predicted octanol–water partition coefficient (Wildman–Crippen LogP) is 4.38. The van der Waals surface area contributed by atoms with Gasteiger partial charge in [0.2, 0.25) is 8.32 Å². The van der Waals surface area contributed by atoms with Crippen LogP contribution in [-0.4, -0.2) is 14.6 Å². The molecule has 0 bridgehead atoms. The molecule has 0 aliphatic carbocycles. The van der Waals surface area contributed by atoms with Crippen molar-refractivity contribution in [3.8, 4) is 5.75 Å². The Morgan fingerprint density at radius 3 is 2.38 bits per heavy atom. The van der Waals surface area contributed by atoms with Crippen LogP contribution in [0, 0.1) is 5.82 Å². The molecule has 1 rings (SSSR count). The van der Waals surface area contributed by atoms with Gasteiger partial charge in [0, 0.05) is 0 Å². The molecular formula is C10H11Br2FO2Si. The first-order valence-electron chi connectivity index (χ1n) is 4.58. The van der Waals surface area contributed by atoms with E-state index in [4.69, 9.17) is 4.43 Å². The van der Waals surface area contributed by atoms with Gasteiger partial charge in [-0.2, -0.15) is 0 Å². The van der Waals surface area contributed by atoms with Gasteiger partial charge >= 0.3 is 0 Å². The Balaban J connectivity index is 3.36. The van der Waals surface area contributed by atoms with Gasteiger partial charge in [-0.15, -0.1) is 0 Å². The van der Waals surface area contributed by atoms with Crippen LogP contribution < -0.4 is 4.43 Å². The summed E-state index contributed by atoms with van der Waals surface area (Å²) < 4.78 is 19.7.